The van der Waals surface area contributed by atoms with Crippen molar-refractivity contribution in [1.29, 1.82) is 0 Å². The molecule has 0 fully saturated rings. The number of aryl methyl sites for hydroxylation is 1. The molecule has 0 radical (unpaired) electrons. The Balaban J connectivity index is 2.23. The van der Waals surface area contributed by atoms with Crippen LogP contribution in [0.5, 0.6) is 0 Å². The molecule has 1 atom stereocenters. The molecule has 0 spiro atoms. The SMILES string of the molecule is COC(=O)C(Cc1ccccc1)Nc1ccc(C)c(NS(C)(=O)=O)c1. The monoisotopic (exact) mass is 362 g/mol. The number of hydrogen-bond acceptors (Lipinski definition) is 5. The average molecular weight is 362 g/mol. The van der Waals surface area contributed by atoms with Gasteiger partial charge in [-0.15, -0.1) is 0 Å². The fourth-order valence-electron chi connectivity index (χ4n) is 2.41. The van der Waals surface area contributed by atoms with Crippen LogP contribution in [0.3, 0.4) is 0 Å². The van der Waals surface area contributed by atoms with Crippen LogP contribution in [0.25, 0.3) is 0 Å². The Bertz CT molecular complexity index is 835. The van der Waals surface area contributed by atoms with E-state index in [0.29, 0.717) is 17.8 Å². The highest BCUT2D eigenvalue weighted by molar-refractivity contribution is 7.92. The van der Waals surface area contributed by atoms with Gasteiger partial charge >= 0.3 is 5.97 Å². The minimum Gasteiger partial charge on any atom is -0.467 e. The Morgan fingerprint density at radius 3 is 2.44 bits per heavy atom. The standard InChI is InChI=1S/C18H22N2O4S/c1-13-9-10-15(12-16(13)20-25(3,22)23)19-17(18(21)24-2)11-14-7-5-4-6-8-14/h4-10,12,17,19-20H,11H2,1-3H3. The molecule has 0 saturated heterocycles. The van der Waals surface area contributed by atoms with E-state index in [0.717, 1.165) is 17.4 Å². The van der Waals surface area contributed by atoms with Crippen molar-refractivity contribution in [2.24, 2.45) is 0 Å². The largest absolute Gasteiger partial charge is 0.467 e. The van der Waals surface area contributed by atoms with Gasteiger partial charge < -0.3 is 10.1 Å². The minimum atomic E-state index is -3.38. The van der Waals surface area contributed by atoms with Gasteiger partial charge in [0.2, 0.25) is 10.0 Å². The van der Waals surface area contributed by atoms with Gasteiger partial charge in [0.25, 0.3) is 0 Å². The van der Waals surface area contributed by atoms with Gasteiger partial charge in [-0.3, -0.25) is 4.72 Å². The second-order valence-corrected chi connectivity index (χ2v) is 7.56. The Kier molecular flexibility index (Phi) is 6.03. The molecule has 0 aromatic heterocycles. The number of nitrogens with one attached hydrogen (secondary N) is 2. The highest BCUT2D eigenvalue weighted by atomic mass is 32.2. The van der Waals surface area contributed by atoms with Crippen LogP contribution in [0, 0.1) is 6.92 Å². The van der Waals surface area contributed by atoms with Crippen molar-refractivity contribution in [2.45, 2.75) is 19.4 Å². The van der Waals surface area contributed by atoms with Gasteiger partial charge in [0.1, 0.15) is 6.04 Å². The number of carbonyl (C=O) groups excluding carboxylic acids is 1. The fraction of sp³-hybridized carbons (Fsp3) is 0.278. The van der Waals surface area contributed by atoms with Crippen LogP contribution in [-0.2, 0) is 26.0 Å². The highest BCUT2D eigenvalue weighted by Crippen LogP contribution is 2.22. The van der Waals surface area contributed by atoms with Crippen LogP contribution in [0.2, 0.25) is 0 Å². The molecule has 0 aliphatic carbocycles. The maximum Gasteiger partial charge on any atom is 0.328 e. The number of rotatable bonds is 7. The molecule has 25 heavy (non-hydrogen) atoms. The molecule has 0 bridgehead atoms. The first kappa shape index (κ1) is 18.8. The van der Waals surface area contributed by atoms with Gasteiger partial charge in [0, 0.05) is 12.1 Å². The molecule has 134 valence electrons. The van der Waals surface area contributed by atoms with Crippen molar-refractivity contribution < 1.29 is 17.9 Å². The third-order valence-corrected chi connectivity index (χ3v) is 4.23. The maximum atomic E-state index is 12.1. The molecule has 2 aromatic carbocycles. The van der Waals surface area contributed by atoms with Crippen molar-refractivity contribution in [3.63, 3.8) is 0 Å². The normalized spacial score (nSPS) is 12.3. The molecule has 2 aromatic rings. The quantitative estimate of drug-likeness (QED) is 0.740. The van der Waals surface area contributed by atoms with Gasteiger partial charge in [-0.05, 0) is 30.2 Å². The maximum absolute atomic E-state index is 12.1. The zero-order valence-corrected chi connectivity index (χ0v) is 15.3. The van der Waals surface area contributed by atoms with E-state index in [4.69, 9.17) is 4.74 Å². The summed E-state index contributed by atoms with van der Waals surface area (Å²) in [6.07, 6.45) is 1.55. The second kappa shape index (κ2) is 8.02. The third-order valence-electron chi connectivity index (χ3n) is 3.64. The lowest BCUT2D eigenvalue weighted by atomic mass is 10.1. The van der Waals surface area contributed by atoms with Crippen molar-refractivity contribution in [2.75, 3.05) is 23.4 Å². The lowest BCUT2D eigenvalue weighted by molar-refractivity contribution is -0.141. The third kappa shape index (κ3) is 5.79. The number of ether oxygens (including phenoxy) is 1. The van der Waals surface area contributed by atoms with E-state index in [9.17, 15) is 13.2 Å². The topological polar surface area (TPSA) is 84.5 Å². The smallest absolute Gasteiger partial charge is 0.328 e. The molecule has 2 N–H and O–H groups in total. The number of anilines is 2. The summed E-state index contributed by atoms with van der Waals surface area (Å²) in [7, 11) is -2.04. The molecule has 2 rings (SSSR count). The van der Waals surface area contributed by atoms with E-state index in [1.54, 1.807) is 25.1 Å². The molecule has 0 heterocycles. The number of benzene rings is 2. The van der Waals surface area contributed by atoms with Gasteiger partial charge in [0.15, 0.2) is 0 Å². The molecule has 0 saturated carbocycles. The first-order valence-electron chi connectivity index (χ1n) is 7.75. The van der Waals surface area contributed by atoms with Crippen molar-refractivity contribution in [3.05, 3.63) is 59.7 Å². The summed E-state index contributed by atoms with van der Waals surface area (Å²) in [5, 5.41) is 3.12. The van der Waals surface area contributed by atoms with E-state index >= 15 is 0 Å². The summed E-state index contributed by atoms with van der Waals surface area (Å²) in [5.74, 6) is -0.387. The van der Waals surface area contributed by atoms with E-state index in [1.165, 1.54) is 7.11 Å². The Labute approximate surface area is 148 Å². The minimum absolute atomic E-state index is 0.387. The molecule has 0 aliphatic rings. The summed E-state index contributed by atoms with van der Waals surface area (Å²) in [6, 6.07) is 14.3. The zero-order chi connectivity index (χ0) is 18.4. The highest BCUT2D eigenvalue weighted by Gasteiger charge is 2.20. The molecule has 1 unspecified atom stereocenters. The lowest BCUT2D eigenvalue weighted by Crippen LogP contribution is -2.32. The predicted octanol–water partition coefficient (Wildman–Crippen LogP) is 2.56. The molecule has 0 aliphatic heterocycles. The number of methoxy groups -OCH3 is 1. The summed E-state index contributed by atoms with van der Waals surface area (Å²) >= 11 is 0. The predicted molar refractivity (Wildman–Crippen MR) is 99.2 cm³/mol. The molecule has 6 nitrogen and oxygen atoms in total. The number of esters is 1. The number of sulfonamides is 1. The summed E-state index contributed by atoms with van der Waals surface area (Å²) in [5.41, 5.74) is 2.87. The van der Waals surface area contributed by atoms with Gasteiger partial charge in [-0.2, -0.15) is 0 Å². The molecular formula is C18H22N2O4S. The average Bonchev–Trinajstić information content (AvgIpc) is 2.56. The summed E-state index contributed by atoms with van der Waals surface area (Å²) in [6.45, 7) is 1.80. The molecule has 7 heteroatoms. The number of carbonyl (C=O) groups is 1. The van der Waals surface area contributed by atoms with Crippen molar-refractivity contribution in [1.82, 2.24) is 0 Å². The van der Waals surface area contributed by atoms with Crippen molar-refractivity contribution in [3.8, 4) is 0 Å². The Morgan fingerprint density at radius 2 is 1.84 bits per heavy atom. The lowest BCUT2D eigenvalue weighted by Gasteiger charge is -2.19. The van der Waals surface area contributed by atoms with E-state index in [2.05, 4.69) is 10.0 Å². The first-order valence-corrected chi connectivity index (χ1v) is 9.64. The van der Waals surface area contributed by atoms with Crippen molar-refractivity contribution >= 4 is 27.4 Å². The van der Waals surface area contributed by atoms with E-state index < -0.39 is 16.1 Å². The molecule has 0 amide bonds. The first-order chi connectivity index (χ1) is 11.8. The summed E-state index contributed by atoms with van der Waals surface area (Å²) < 4.78 is 30.3. The zero-order valence-electron chi connectivity index (χ0n) is 14.4. The Hall–Kier alpha value is -2.54. The van der Waals surface area contributed by atoms with Crippen LogP contribution in [0.15, 0.2) is 48.5 Å². The Morgan fingerprint density at radius 1 is 1.16 bits per heavy atom. The van der Waals surface area contributed by atoms with Gasteiger partial charge in [0.05, 0.1) is 19.1 Å². The second-order valence-electron chi connectivity index (χ2n) is 5.81. The van der Waals surface area contributed by atoms with Crippen LogP contribution in [-0.4, -0.2) is 33.8 Å². The van der Waals surface area contributed by atoms with E-state index in [-0.39, 0.29) is 5.97 Å². The van der Waals surface area contributed by atoms with Gasteiger partial charge in [-0.1, -0.05) is 36.4 Å². The van der Waals surface area contributed by atoms with Crippen LogP contribution >= 0.6 is 0 Å². The fourth-order valence-corrected chi connectivity index (χ4v) is 3.03. The van der Waals surface area contributed by atoms with Gasteiger partial charge in [-0.25, -0.2) is 13.2 Å². The summed E-state index contributed by atoms with van der Waals surface area (Å²) in [4.78, 5) is 12.1. The number of hydrogen-bond donors (Lipinski definition) is 2. The molecular weight excluding hydrogens is 340 g/mol. The van der Waals surface area contributed by atoms with Crippen LogP contribution in [0.4, 0.5) is 11.4 Å². The van der Waals surface area contributed by atoms with Crippen LogP contribution in [0.1, 0.15) is 11.1 Å². The van der Waals surface area contributed by atoms with Crippen LogP contribution < -0.4 is 10.0 Å². The van der Waals surface area contributed by atoms with E-state index in [1.807, 2.05) is 30.3 Å².